The van der Waals surface area contributed by atoms with Gasteiger partial charge in [-0.15, -0.1) is 0 Å². The molecule has 0 amide bonds. The molecule has 0 aliphatic carbocycles. The Morgan fingerprint density at radius 2 is 2.33 bits per heavy atom. The number of rotatable bonds is 0. The molecule has 0 bridgehead atoms. The number of halogens is 2. The van der Waals surface area contributed by atoms with Crippen molar-refractivity contribution in [3.05, 3.63) is 20.4 Å². The molecule has 1 rings (SSSR count). The van der Waals surface area contributed by atoms with Crippen molar-refractivity contribution in [3.63, 3.8) is 0 Å². The highest BCUT2D eigenvalue weighted by Gasteiger charge is 2.16. The molecule has 1 aliphatic rings. The standard InChI is InChI=1S/C5H2Br2OS/c6-2-3-1-4(7)5(8)9-3/h1-2H. The van der Waals surface area contributed by atoms with E-state index >= 15 is 0 Å². The smallest absolute Gasteiger partial charge is 0.231 e. The summed E-state index contributed by atoms with van der Waals surface area (Å²) >= 11 is 7.45. The largest absolute Gasteiger partial charge is 0.281 e. The van der Waals surface area contributed by atoms with Crippen LogP contribution in [0.1, 0.15) is 0 Å². The lowest BCUT2D eigenvalue weighted by Gasteiger charge is -1.82. The molecule has 0 saturated heterocycles. The molecule has 1 aliphatic heterocycles. The van der Waals surface area contributed by atoms with E-state index in [0.29, 0.717) is 4.48 Å². The summed E-state index contributed by atoms with van der Waals surface area (Å²) in [7, 11) is 0. The van der Waals surface area contributed by atoms with Gasteiger partial charge < -0.3 is 0 Å². The van der Waals surface area contributed by atoms with Gasteiger partial charge in [0, 0.05) is 4.91 Å². The van der Waals surface area contributed by atoms with Crippen molar-refractivity contribution in [1.29, 1.82) is 0 Å². The van der Waals surface area contributed by atoms with E-state index < -0.39 is 0 Å². The fourth-order valence-electron chi connectivity index (χ4n) is 0.423. The lowest BCUT2D eigenvalue weighted by atomic mass is 10.5. The average molecular weight is 270 g/mol. The zero-order valence-corrected chi connectivity index (χ0v) is 8.22. The Labute approximate surface area is 73.8 Å². The molecule has 0 saturated carbocycles. The number of hydrogen-bond donors (Lipinski definition) is 0. The maximum absolute atomic E-state index is 10.7. The van der Waals surface area contributed by atoms with Gasteiger partial charge in [0.05, 0.1) is 4.48 Å². The van der Waals surface area contributed by atoms with Gasteiger partial charge >= 0.3 is 0 Å². The van der Waals surface area contributed by atoms with Crippen LogP contribution in [0.4, 0.5) is 0 Å². The van der Waals surface area contributed by atoms with Gasteiger partial charge in [0.1, 0.15) is 0 Å². The van der Waals surface area contributed by atoms with Crippen LogP contribution in [0.5, 0.6) is 0 Å². The predicted octanol–water partition coefficient (Wildman–Crippen LogP) is 2.77. The molecule has 9 heavy (non-hydrogen) atoms. The summed E-state index contributed by atoms with van der Waals surface area (Å²) in [6.07, 6.45) is 1.78. The van der Waals surface area contributed by atoms with E-state index in [1.165, 1.54) is 11.8 Å². The van der Waals surface area contributed by atoms with Crippen LogP contribution >= 0.6 is 43.6 Å². The highest BCUT2D eigenvalue weighted by molar-refractivity contribution is 9.12. The highest BCUT2D eigenvalue weighted by Crippen LogP contribution is 2.33. The maximum atomic E-state index is 10.7. The van der Waals surface area contributed by atoms with Gasteiger partial charge in [0.2, 0.25) is 5.12 Å². The summed E-state index contributed by atoms with van der Waals surface area (Å²) in [6.45, 7) is 0. The third-order valence-electron chi connectivity index (χ3n) is 0.782. The number of allylic oxidation sites excluding steroid dienone is 1. The fraction of sp³-hybridized carbons (Fsp3) is 0. The minimum absolute atomic E-state index is 0.0701. The molecule has 0 aromatic heterocycles. The minimum atomic E-state index is 0.0701. The molecule has 0 aromatic rings. The molecule has 0 aromatic carbocycles. The molecular formula is C5H2Br2OS. The van der Waals surface area contributed by atoms with Gasteiger partial charge in [0.25, 0.3) is 0 Å². The van der Waals surface area contributed by atoms with E-state index in [1.807, 2.05) is 0 Å². The van der Waals surface area contributed by atoms with Crippen molar-refractivity contribution in [1.82, 2.24) is 0 Å². The molecule has 0 N–H and O–H groups in total. The summed E-state index contributed by atoms with van der Waals surface area (Å²) in [5, 5.41) is 0.0701. The van der Waals surface area contributed by atoms with Gasteiger partial charge in [-0.3, -0.25) is 4.79 Å². The predicted molar refractivity (Wildman–Crippen MR) is 46.6 cm³/mol. The van der Waals surface area contributed by atoms with Crippen LogP contribution in [0, 0.1) is 0 Å². The van der Waals surface area contributed by atoms with E-state index in [9.17, 15) is 4.79 Å². The van der Waals surface area contributed by atoms with Crippen LogP contribution < -0.4 is 0 Å². The number of carbonyl (C=O) groups excluding carboxylic acids is 1. The Hall–Kier alpha value is 0.460. The first-order valence-corrected chi connectivity index (χ1v) is 4.66. The lowest BCUT2D eigenvalue weighted by Crippen LogP contribution is -1.79. The number of thioether (sulfide) groups is 1. The van der Waals surface area contributed by atoms with Crippen LogP contribution in [-0.2, 0) is 4.79 Å². The Bertz CT molecular complexity index is 207. The van der Waals surface area contributed by atoms with Crippen molar-refractivity contribution >= 4 is 48.7 Å². The van der Waals surface area contributed by atoms with E-state index in [4.69, 9.17) is 0 Å². The Balaban J connectivity index is 2.86. The molecule has 4 heteroatoms. The van der Waals surface area contributed by atoms with Gasteiger partial charge in [-0.05, 0) is 38.8 Å². The molecule has 1 heterocycles. The van der Waals surface area contributed by atoms with Crippen LogP contribution in [0.25, 0.3) is 0 Å². The second-order valence-corrected chi connectivity index (χ2v) is 3.75. The summed E-state index contributed by atoms with van der Waals surface area (Å²) < 4.78 is 0.637. The van der Waals surface area contributed by atoms with E-state index in [2.05, 4.69) is 31.9 Å². The normalized spacial score (nSPS) is 23.1. The van der Waals surface area contributed by atoms with Crippen molar-refractivity contribution in [2.45, 2.75) is 0 Å². The Morgan fingerprint density at radius 3 is 2.56 bits per heavy atom. The maximum Gasteiger partial charge on any atom is 0.231 e. The zero-order chi connectivity index (χ0) is 6.85. The molecule has 0 atom stereocenters. The third-order valence-corrected chi connectivity index (χ3v) is 3.31. The topological polar surface area (TPSA) is 17.1 Å². The van der Waals surface area contributed by atoms with E-state index in [-0.39, 0.29) is 5.12 Å². The summed E-state index contributed by atoms with van der Waals surface area (Å²) in [6, 6.07) is 0. The van der Waals surface area contributed by atoms with Gasteiger partial charge in [0.15, 0.2) is 0 Å². The Kier molecular flexibility index (Phi) is 2.55. The minimum Gasteiger partial charge on any atom is -0.281 e. The second-order valence-electron chi connectivity index (χ2n) is 1.39. The summed E-state index contributed by atoms with van der Waals surface area (Å²) in [5.41, 5.74) is 0. The van der Waals surface area contributed by atoms with Crippen molar-refractivity contribution < 1.29 is 4.79 Å². The fourth-order valence-corrected chi connectivity index (χ4v) is 2.07. The quantitative estimate of drug-likeness (QED) is 0.673. The molecule has 1 nitrogen and oxygen atoms in total. The van der Waals surface area contributed by atoms with Crippen LogP contribution in [0.15, 0.2) is 20.4 Å². The van der Waals surface area contributed by atoms with Crippen LogP contribution in [0.2, 0.25) is 0 Å². The average Bonchev–Trinajstić information content (AvgIpc) is 2.13. The van der Waals surface area contributed by atoms with Crippen molar-refractivity contribution in [2.75, 3.05) is 0 Å². The number of hydrogen-bond acceptors (Lipinski definition) is 2. The van der Waals surface area contributed by atoms with Gasteiger partial charge in [-0.25, -0.2) is 0 Å². The number of carbonyl (C=O) groups is 1. The Morgan fingerprint density at radius 1 is 1.67 bits per heavy atom. The third kappa shape index (κ3) is 1.69. The molecule has 0 spiro atoms. The molecule has 48 valence electrons. The van der Waals surface area contributed by atoms with E-state index in [1.54, 1.807) is 11.1 Å². The van der Waals surface area contributed by atoms with Crippen LogP contribution in [-0.4, -0.2) is 5.12 Å². The second kappa shape index (κ2) is 3.03. The summed E-state index contributed by atoms with van der Waals surface area (Å²) in [5.74, 6) is 0. The molecular weight excluding hydrogens is 268 g/mol. The van der Waals surface area contributed by atoms with E-state index in [0.717, 1.165) is 4.91 Å². The van der Waals surface area contributed by atoms with Crippen molar-refractivity contribution in [2.24, 2.45) is 0 Å². The van der Waals surface area contributed by atoms with Crippen LogP contribution in [0.3, 0.4) is 0 Å². The van der Waals surface area contributed by atoms with Gasteiger partial charge in [-0.2, -0.15) is 0 Å². The SMILES string of the molecule is O=C1SC(=CBr)C=C1Br. The first-order chi connectivity index (χ1) is 4.24. The summed E-state index contributed by atoms with van der Waals surface area (Å²) in [4.78, 5) is 13.4. The zero-order valence-electron chi connectivity index (χ0n) is 4.23. The monoisotopic (exact) mass is 268 g/mol. The molecule has 0 unspecified atom stereocenters. The van der Waals surface area contributed by atoms with Gasteiger partial charge in [-0.1, -0.05) is 15.9 Å². The first-order valence-electron chi connectivity index (χ1n) is 2.14. The molecule has 0 radical (unpaired) electrons. The van der Waals surface area contributed by atoms with Crippen molar-refractivity contribution in [3.8, 4) is 0 Å². The first kappa shape index (κ1) is 7.57. The molecule has 0 fully saturated rings. The lowest BCUT2D eigenvalue weighted by molar-refractivity contribution is -0.107. The highest BCUT2D eigenvalue weighted by atomic mass is 79.9.